The molecule has 4 nitrogen and oxygen atoms in total. The number of allylic oxidation sites excluding steroid dienone is 1. The Bertz CT molecular complexity index is 592. The minimum absolute atomic E-state index is 0.0301. The maximum atomic E-state index is 12.0. The third-order valence-corrected chi connectivity index (χ3v) is 4.83. The number of benzene rings is 1. The predicted octanol–water partition coefficient (Wildman–Crippen LogP) is 6.80. The van der Waals surface area contributed by atoms with E-state index in [0.29, 0.717) is 0 Å². The largest absolute Gasteiger partial charge is 0.478 e. The highest BCUT2D eigenvalue weighted by atomic mass is 16.5. The number of ether oxygens (including phenoxy) is 1. The van der Waals surface area contributed by atoms with E-state index >= 15 is 0 Å². The Labute approximate surface area is 170 Å². The van der Waals surface area contributed by atoms with Gasteiger partial charge in [-0.2, -0.15) is 0 Å². The number of hydrogen-bond donors (Lipinski definition) is 1. The fourth-order valence-corrected chi connectivity index (χ4v) is 3.16. The fourth-order valence-electron chi connectivity index (χ4n) is 3.16. The Morgan fingerprint density at radius 3 is 1.93 bits per heavy atom. The first kappa shape index (κ1) is 23.9. The topological polar surface area (TPSA) is 63.6 Å². The molecule has 4 heteroatoms. The average molecular weight is 389 g/mol. The molecular weight excluding hydrogens is 352 g/mol. The van der Waals surface area contributed by atoms with Crippen LogP contribution >= 0.6 is 0 Å². The van der Waals surface area contributed by atoms with Gasteiger partial charge in [0.15, 0.2) is 0 Å². The molecule has 0 saturated heterocycles. The van der Waals surface area contributed by atoms with E-state index in [1.807, 2.05) is 12.2 Å². The van der Waals surface area contributed by atoms with Gasteiger partial charge in [-0.1, -0.05) is 95.4 Å². The van der Waals surface area contributed by atoms with Crippen molar-refractivity contribution in [2.24, 2.45) is 0 Å². The molecule has 0 unspecified atom stereocenters. The Balaban J connectivity index is 2.02. The molecule has 0 fully saturated rings. The molecule has 156 valence electrons. The Hall–Kier alpha value is -2.10. The molecule has 0 heterocycles. The SMILES string of the molecule is CCCCCCCCCCCCC/C=C/COC(=O)c1ccccc1C(=O)O. The highest BCUT2D eigenvalue weighted by Gasteiger charge is 2.16. The van der Waals surface area contributed by atoms with Gasteiger partial charge in [-0.05, 0) is 25.0 Å². The van der Waals surface area contributed by atoms with Crippen molar-refractivity contribution in [3.8, 4) is 0 Å². The minimum atomic E-state index is -1.13. The second kappa shape index (κ2) is 15.9. The second-order valence-electron chi connectivity index (χ2n) is 7.24. The number of hydrogen-bond acceptors (Lipinski definition) is 3. The molecule has 28 heavy (non-hydrogen) atoms. The monoisotopic (exact) mass is 388 g/mol. The molecule has 0 amide bonds. The summed E-state index contributed by atoms with van der Waals surface area (Å²) in [6, 6.07) is 6.10. The lowest BCUT2D eigenvalue weighted by atomic mass is 10.1. The van der Waals surface area contributed by atoms with Crippen LogP contribution < -0.4 is 0 Å². The van der Waals surface area contributed by atoms with Crippen molar-refractivity contribution in [2.45, 2.75) is 84.0 Å². The summed E-state index contributed by atoms with van der Waals surface area (Å²) in [5.41, 5.74) is 0.0613. The quantitative estimate of drug-likeness (QED) is 0.192. The number of aromatic carboxylic acids is 1. The van der Waals surface area contributed by atoms with Crippen LogP contribution in [0, 0.1) is 0 Å². The van der Waals surface area contributed by atoms with Crippen LogP contribution in [0.15, 0.2) is 36.4 Å². The van der Waals surface area contributed by atoms with Crippen molar-refractivity contribution in [3.63, 3.8) is 0 Å². The summed E-state index contributed by atoms with van der Waals surface area (Å²) in [6.45, 7) is 2.42. The first-order chi connectivity index (χ1) is 13.7. The van der Waals surface area contributed by atoms with Gasteiger partial charge in [-0.3, -0.25) is 0 Å². The zero-order valence-corrected chi connectivity index (χ0v) is 17.3. The summed E-state index contributed by atoms with van der Waals surface area (Å²) in [5, 5.41) is 9.10. The standard InChI is InChI=1S/C24H36O4/c1-2-3-4-5-6-7-8-9-10-11-12-13-14-17-20-28-24(27)22-19-16-15-18-21(22)23(25)26/h14-19H,2-13,20H2,1H3,(H,25,26)/b17-14+. The molecule has 0 aromatic heterocycles. The summed E-state index contributed by atoms with van der Waals surface area (Å²) in [4.78, 5) is 23.1. The van der Waals surface area contributed by atoms with E-state index in [-0.39, 0.29) is 17.7 Å². The lowest BCUT2D eigenvalue weighted by molar-refractivity contribution is 0.0536. The fraction of sp³-hybridized carbons (Fsp3) is 0.583. The second-order valence-corrected chi connectivity index (χ2v) is 7.24. The van der Waals surface area contributed by atoms with Gasteiger partial charge in [0.2, 0.25) is 0 Å². The van der Waals surface area contributed by atoms with Crippen molar-refractivity contribution in [3.05, 3.63) is 47.5 Å². The molecule has 0 atom stereocenters. The van der Waals surface area contributed by atoms with Crippen LogP contribution in [0.2, 0.25) is 0 Å². The van der Waals surface area contributed by atoms with Crippen molar-refractivity contribution in [1.82, 2.24) is 0 Å². The van der Waals surface area contributed by atoms with Gasteiger partial charge in [0, 0.05) is 0 Å². The van der Waals surface area contributed by atoms with E-state index < -0.39 is 11.9 Å². The van der Waals surface area contributed by atoms with Crippen LogP contribution in [0.4, 0.5) is 0 Å². The molecule has 1 rings (SSSR count). The zero-order valence-electron chi connectivity index (χ0n) is 17.3. The molecule has 1 aromatic rings. The van der Waals surface area contributed by atoms with E-state index in [9.17, 15) is 9.59 Å². The zero-order chi connectivity index (χ0) is 20.5. The summed E-state index contributed by atoms with van der Waals surface area (Å²) in [6.07, 6.45) is 19.5. The normalized spacial score (nSPS) is 11.0. The first-order valence-electron chi connectivity index (χ1n) is 10.8. The van der Waals surface area contributed by atoms with Crippen molar-refractivity contribution in [2.75, 3.05) is 6.61 Å². The maximum Gasteiger partial charge on any atom is 0.339 e. The number of unbranched alkanes of at least 4 members (excludes halogenated alkanes) is 11. The third kappa shape index (κ3) is 10.9. The molecular formula is C24H36O4. The van der Waals surface area contributed by atoms with Crippen LogP contribution in [0.5, 0.6) is 0 Å². The molecule has 1 N–H and O–H groups in total. The first-order valence-corrected chi connectivity index (χ1v) is 10.8. The van der Waals surface area contributed by atoms with Gasteiger partial charge < -0.3 is 9.84 Å². The van der Waals surface area contributed by atoms with Gasteiger partial charge in [-0.15, -0.1) is 0 Å². The third-order valence-electron chi connectivity index (χ3n) is 4.83. The lowest BCUT2D eigenvalue weighted by Crippen LogP contribution is -2.11. The van der Waals surface area contributed by atoms with Crippen LogP contribution in [-0.4, -0.2) is 23.7 Å². The number of esters is 1. The van der Waals surface area contributed by atoms with E-state index in [0.717, 1.165) is 12.8 Å². The van der Waals surface area contributed by atoms with Crippen molar-refractivity contribution in [1.29, 1.82) is 0 Å². The van der Waals surface area contributed by atoms with Crippen molar-refractivity contribution < 1.29 is 19.4 Å². The lowest BCUT2D eigenvalue weighted by Gasteiger charge is -2.05. The number of rotatable bonds is 16. The van der Waals surface area contributed by atoms with Crippen LogP contribution in [0.25, 0.3) is 0 Å². The maximum absolute atomic E-state index is 12.0. The molecule has 0 aliphatic heterocycles. The van der Waals surface area contributed by atoms with Gasteiger partial charge in [0.05, 0.1) is 11.1 Å². The Kier molecular flexibility index (Phi) is 13.6. The number of carbonyl (C=O) groups is 2. The van der Waals surface area contributed by atoms with E-state index in [1.54, 1.807) is 12.1 Å². The van der Waals surface area contributed by atoms with Crippen LogP contribution in [-0.2, 0) is 4.74 Å². The highest BCUT2D eigenvalue weighted by molar-refractivity contribution is 6.02. The van der Waals surface area contributed by atoms with Gasteiger partial charge in [0.1, 0.15) is 6.61 Å². The smallest absolute Gasteiger partial charge is 0.339 e. The van der Waals surface area contributed by atoms with E-state index in [4.69, 9.17) is 9.84 Å². The summed E-state index contributed by atoms with van der Waals surface area (Å²) < 4.78 is 5.14. The van der Waals surface area contributed by atoms with Crippen LogP contribution in [0.1, 0.15) is 105 Å². The van der Waals surface area contributed by atoms with Gasteiger partial charge >= 0.3 is 11.9 Å². The number of carboxylic acids is 1. The van der Waals surface area contributed by atoms with E-state index in [1.165, 1.54) is 76.3 Å². The molecule has 0 bridgehead atoms. The average Bonchev–Trinajstić information content (AvgIpc) is 2.70. The molecule has 1 aromatic carbocycles. The van der Waals surface area contributed by atoms with E-state index in [2.05, 4.69) is 6.92 Å². The molecule has 0 saturated carbocycles. The van der Waals surface area contributed by atoms with Gasteiger partial charge in [0.25, 0.3) is 0 Å². The minimum Gasteiger partial charge on any atom is -0.478 e. The molecule has 0 spiro atoms. The summed E-state index contributed by atoms with van der Waals surface area (Å²) in [5.74, 6) is -1.73. The predicted molar refractivity (Wildman–Crippen MR) is 114 cm³/mol. The van der Waals surface area contributed by atoms with Crippen LogP contribution in [0.3, 0.4) is 0 Å². The molecule has 0 aliphatic rings. The molecule has 0 radical (unpaired) electrons. The Morgan fingerprint density at radius 1 is 0.821 bits per heavy atom. The molecule has 0 aliphatic carbocycles. The Morgan fingerprint density at radius 2 is 1.36 bits per heavy atom. The summed E-state index contributed by atoms with van der Waals surface area (Å²) >= 11 is 0. The highest BCUT2D eigenvalue weighted by Crippen LogP contribution is 2.12. The van der Waals surface area contributed by atoms with Crippen molar-refractivity contribution >= 4 is 11.9 Å². The summed E-state index contributed by atoms with van der Waals surface area (Å²) in [7, 11) is 0. The number of carboxylic acid groups (broad SMARTS) is 1. The number of carbonyl (C=O) groups excluding carboxylic acids is 1. The van der Waals surface area contributed by atoms with Gasteiger partial charge in [-0.25, -0.2) is 9.59 Å².